The molecule has 0 bridgehead atoms. The van der Waals surface area contributed by atoms with Crippen molar-refractivity contribution in [2.45, 2.75) is 6.42 Å². The van der Waals surface area contributed by atoms with Gasteiger partial charge in [-0.2, -0.15) is 0 Å². The van der Waals surface area contributed by atoms with Crippen molar-refractivity contribution in [1.82, 2.24) is 0 Å². The molecule has 0 N–H and O–H groups in total. The summed E-state index contributed by atoms with van der Waals surface area (Å²) in [6.07, 6.45) is 0.386. The lowest BCUT2D eigenvalue weighted by molar-refractivity contribution is -0.112. The zero-order chi connectivity index (χ0) is 13.7. The van der Waals surface area contributed by atoms with Gasteiger partial charge >= 0.3 is 0 Å². The first kappa shape index (κ1) is 13.6. The molecule has 96 valence electrons. The normalized spacial score (nSPS) is 11.8. The Balaban J connectivity index is 2.22. The molecule has 0 fully saturated rings. The van der Waals surface area contributed by atoms with Crippen LogP contribution in [-0.2, 0) is 11.2 Å². The molecule has 0 unspecified atom stereocenters. The van der Waals surface area contributed by atoms with Crippen molar-refractivity contribution < 1.29 is 9.59 Å². The van der Waals surface area contributed by atoms with Gasteiger partial charge in [0.2, 0.25) is 0 Å². The number of thiol groups is 1. The molecule has 0 amide bonds. The van der Waals surface area contributed by atoms with Gasteiger partial charge in [0, 0.05) is 5.56 Å². The van der Waals surface area contributed by atoms with E-state index >= 15 is 0 Å². The number of benzene rings is 2. The van der Waals surface area contributed by atoms with Crippen molar-refractivity contribution in [3.05, 3.63) is 71.8 Å². The Hall–Kier alpha value is -1.87. The maximum absolute atomic E-state index is 12.3. The van der Waals surface area contributed by atoms with Crippen LogP contribution in [-0.4, -0.2) is 10.9 Å². The maximum Gasteiger partial charge on any atom is 0.197 e. The zero-order valence-electron chi connectivity index (χ0n) is 10.3. The predicted octanol–water partition coefficient (Wildman–Crippen LogP) is 3.18. The van der Waals surface area contributed by atoms with Crippen LogP contribution < -0.4 is 0 Å². The van der Waals surface area contributed by atoms with Crippen LogP contribution in [0.1, 0.15) is 15.9 Å². The van der Waals surface area contributed by atoms with E-state index < -0.39 is 11.0 Å². The minimum atomic E-state index is -0.729. The number of carbonyl (C=O) groups excluding carboxylic acids is 2. The van der Waals surface area contributed by atoms with Crippen molar-refractivity contribution >= 4 is 23.5 Å². The molecule has 2 rings (SSSR count). The van der Waals surface area contributed by atoms with E-state index in [-0.39, 0.29) is 5.78 Å². The molecule has 19 heavy (non-hydrogen) atoms. The van der Waals surface area contributed by atoms with Crippen LogP contribution >= 0.6 is 12.6 Å². The lowest BCUT2D eigenvalue weighted by Gasteiger charge is -2.12. The van der Waals surface area contributed by atoms with Crippen LogP contribution in [0, 0.1) is 5.92 Å². The first-order valence-electron chi connectivity index (χ1n) is 6.04. The first-order chi connectivity index (χ1) is 9.18. The molecule has 2 aromatic carbocycles. The monoisotopic (exact) mass is 270 g/mol. The molecule has 1 atom stereocenters. The van der Waals surface area contributed by atoms with Gasteiger partial charge in [0.15, 0.2) is 10.9 Å². The Labute approximate surface area is 117 Å². The summed E-state index contributed by atoms with van der Waals surface area (Å²) in [7, 11) is 0. The van der Waals surface area contributed by atoms with Gasteiger partial charge in [-0.15, -0.1) is 12.6 Å². The summed E-state index contributed by atoms with van der Waals surface area (Å²) < 4.78 is 0. The minimum Gasteiger partial charge on any atom is -0.293 e. The van der Waals surface area contributed by atoms with Gasteiger partial charge < -0.3 is 0 Å². The van der Waals surface area contributed by atoms with E-state index in [0.29, 0.717) is 12.0 Å². The fourth-order valence-electron chi connectivity index (χ4n) is 1.95. The van der Waals surface area contributed by atoms with E-state index in [1.54, 1.807) is 24.3 Å². The van der Waals surface area contributed by atoms with Crippen molar-refractivity contribution in [2.75, 3.05) is 0 Å². The molecule has 2 aromatic rings. The third kappa shape index (κ3) is 3.55. The third-order valence-electron chi connectivity index (χ3n) is 2.96. The molecular formula is C16H14O2S. The highest BCUT2D eigenvalue weighted by molar-refractivity contribution is 7.96. The molecular weight excluding hydrogens is 256 g/mol. The summed E-state index contributed by atoms with van der Waals surface area (Å²) in [4.78, 5) is 23.9. The summed E-state index contributed by atoms with van der Waals surface area (Å²) in [5, 5.41) is -0.391. The molecule has 0 saturated carbocycles. The lowest BCUT2D eigenvalue weighted by atomic mass is 9.92. The van der Waals surface area contributed by atoms with Gasteiger partial charge in [-0.25, -0.2) is 0 Å². The molecule has 2 nitrogen and oxygen atoms in total. The van der Waals surface area contributed by atoms with E-state index in [0.717, 1.165) is 5.56 Å². The molecule has 0 aromatic heterocycles. The van der Waals surface area contributed by atoms with Crippen molar-refractivity contribution in [2.24, 2.45) is 5.92 Å². The smallest absolute Gasteiger partial charge is 0.197 e. The number of carbonyl (C=O) groups is 2. The molecule has 0 spiro atoms. The SMILES string of the molecule is O=C(S)[C@H](Cc1ccccc1)C(=O)c1ccccc1. The van der Waals surface area contributed by atoms with Gasteiger partial charge in [-0.3, -0.25) is 9.59 Å². The van der Waals surface area contributed by atoms with Gasteiger partial charge in [-0.1, -0.05) is 60.7 Å². The van der Waals surface area contributed by atoms with Crippen molar-refractivity contribution in [3.8, 4) is 0 Å². The number of hydrogen-bond donors (Lipinski definition) is 1. The number of rotatable bonds is 5. The van der Waals surface area contributed by atoms with Crippen molar-refractivity contribution in [1.29, 1.82) is 0 Å². The quantitative estimate of drug-likeness (QED) is 0.514. The summed E-state index contributed by atoms with van der Waals surface area (Å²) in [5.74, 6) is -0.905. The maximum atomic E-state index is 12.3. The summed E-state index contributed by atoms with van der Waals surface area (Å²) in [6, 6.07) is 18.3. The second kappa shape index (κ2) is 6.34. The lowest BCUT2D eigenvalue weighted by Crippen LogP contribution is -2.23. The van der Waals surface area contributed by atoms with E-state index in [9.17, 15) is 9.59 Å². The van der Waals surface area contributed by atoms with E-state index in [1.807, 2.05) is 36.4 Å². The summed E-state index contributed by atoms with van der Waals surface area (Å²) >= 11 is 3.85. The number of Topliss-reactive ketones (excluding diaryl/α,β-unsaturated/α-hetero) is 1. The zero-order valence-corrected chi connectivity index (χ0v) is 11.2. The topological polar surface area (TPSA) is 34.1 Å². The molecule has 0 aliphatic carbocycles. The minimum absolute atomic E-state index is 0.176. The predicted molar refractivity (Wildman–Crippen MR) is 78.4 cm³/mol. The average molecular weight is 270 g/mol. The van der Waals surface area contributed by atoms with Crippen LogP contribution in [0.15, 0.2) is 60.7 Å². The van der Waals surface area contributed by atoms with Gasteiger partial charge in [0.1, 0.15) is 0 Å². The third-order valence-corrected chi connectivity index (χ3v) is 3.27. The molecule has 0 saturated heterocycles. The highest BCUT2D eigenvalue weighted by Crippen LogP contribution is 2.17. The Bertz CT molecular complexity index is 564. The van der Waals surface area contributed by atoms with Crippen LogP contribution in [0.5, 0.6) is 0 Å². The molecule has 0 aliphatic rings. The van der Waals surface area contributed by atoms with Gasteiger partial charge in [-0.05, 0) is 12.0 Å². The van der Waals surface area contributed by atoms with Crippen LogP contribution in [0.3, 0.4) is 0 Å². The highest BCUT2D eigenvalue weighted by atomic mass is 32.1. The largest absolute Gasteiger partial charge is 0.293 e. The second-order valence-electron chi connectivity index (χ2n) is 4.31. The standard InChI is InChI=1S/C16H14O2S/c17-15(13-9-5-2-6-10-13)14(16(18)19)11-12-7-3-1-4-8-12/h1-10,14H,11H2,(H,18,19)/t14-/m1/s1. The Morgan fingerprint density at radius 2 is 1.42 bits per heavy atom. The summed E-state index contributed by atoms with van der Waals surface area (Å²) in [5.41, 5.74) is 1.50. The van der Waals surface area contributed by atoms with E-state index in [4.69, 9.17) is 0 Å². The number of ketones is 1. The fraction of sp³-hybridized carbons (Fsp3) is 0.125. The van der Waals surface area contributed by atoms with Gasteiger partial charge in [0.25, 0.3) is 0 Å². The van der Waals surface area contributed by atoms with E-state index in [1.165, 1.54) is 0 Å². The van der Waals surface area contributed by atoms with E-state index in [2.05, 4.69) is 12.6 Å². The van der Waals surface area contributed by atoms with Crippen LogP contribution in [0.4, 0.5) is 0 Å². The highest BCUT2D eigenvalue weighted by Gasteiger charge is 2.25. The fourth-order valence-corrected chi connectivity index (χ4v) is 2.15. The molecule has 0 radical (unpaired) electrons. The molecule has 3 heteroatoms. The summed E-state index contributed by atoms with van der Waals surface area (Å²) in [6.45, 7) is 0. The Morgan fingerprint density at radius 3 is 1.95 bits per heavy atom. The first-order valence-corrected chi connectivity index (χ1v) is 6.49. The second-order valence-corrected chi connectivity index (χ2v) is 4.75. The molecule has 0 aliphatic heterocycles. The van der Waals surface area contributed by atoms with Crippen LogP contribution in [0.2, 0.25) is 0 Å². The van der Waals surface area contributed by atoms with Gasteiger partial charge in [0.05, 0.1) is 5.92 Å². The van der Waals surface area contributed by atoms with Crippen molar-refractivity contribution in [3.63, 3.8) is 0 Å². The average Bonchev–Trinajstić information content (AvgIpc) is 2.46. The van der Waals surface area contributed by atoms with Crippen LogP contribution in [0.25, 0.3) is 0 Å². The Kier molecular flexibility index (Phi) is 4.53. The molecule has 0 heterocycles. The number of hydrogen-bond acceptors (Lipinski definition) is 2. The Morgan fingerprint density at radius 1 is 0.895 bits per heavy atom.